The zero-order valence-corrected chi connectivity index (χ0v) is 31.2. The van der Waals surface area contributed by atoms with Crippen LogP contribution < -0.4 is 30.2 Å². The molecule has 1 aliphatic heterocycles. The topological polar surface area (TPSA) is 135 Å². The molecule has 0 aliphatic carbocycles. The van der Waals surface area contributed by atoms with Gasteiger partial charge in [-0.1, -0.05) is 57.5 Å². The number of carbonyl (C=O) groups is 4. The van der Waals surface area contributed by atoms with E-state index in [1.807, 2.05) is 27.7 Å². The number of nitrogens with zero attached hydrogens (tertiary/aromatic N) is 1. The number of amides is 4. The van der Waals surface area contributed by atoms with Gasteiger partial charge in [-0.05, 0) is 74.1 Å². The Kier molecular flexibility index (Phi) is 14.3. The molecule has 0 aromatic heterocycles. The number of rotatable bonds is 11. The first-order chi connectivity index (χ1) is 24.7. The summed E-state index contributed by atoms with van der Waals surface area (Å²) in [6.45, 7) is 9.73. The van der Waals surface area contributed by atoms with E-state index in [9.17, 15) is 23.6 Å². The first kappa shape index (κ1) is 39.9. The standard InChI is InChI=1S/C39H48ClFN4O7/c1-23(2)16-28-22-51-33-13-8-7-12-30(33)37(47)44-31(20-36(46)43-32(17-24(3)4)39(49)45(28)6)38(48)42-25(5)21-50-34-15-14-27(41)19-35(34)52-29-11-9-10-26(40)18-29/h7-15,18-19,23-25,28,31-32H,16-17,20-22H2,1-6H3,(H,42,48)(H,43,46)(H,44,47)/t25-,28+,31+,32+/m1/s1. The molecular formula is C39H48ClFN4O7. The third kappa shape index (κ3) is 11.6. The van der Waals surface area contributed by atoms with Crippen molar-refractivity contribution in [1.29, 1.82) is 0 Å². The number of carbonyl (C=O) groups excluding carboxylic acids is 4. The molecule has 0 spiro atoms. The summed E-state index contributed by atoms with van der Waals surface area (Å²) in [6.07, 6.45) is 0.572. The summed E-state index contributed by atoms with van der Waals surface area (Å²) in [5.41, 5.74) is 0.174. The van der Waals surface area contributed by atoms with Crippen LogP contribution in [0.15, 0.2) is 66.7 Å². The molecule has 13 heteroatoms. The van der Waals surface area contributed by atoms with Gasteiger partial charge in [-0.3, -0.25) is 19.2 Å². The average molecular weight is 739 g/mol. The molecule has 0 bridgehead atoms. The molecule has 4 rings (SSSR count). The third-order valence-electron chi connectivity index (χ3n) is 8.36. The number of halogens is 2. The summed E-state index contributed by atoms with van der Waals surface area (Å²) in [5.74, 6) is -1.36. The average Bonchev–Trinajstić information content (AvgIpc) is 3.07. The number of likely N-dealkylation sites (N-methyl/N-ethyl adjacent to an activating group) is 1. The Hall–Kier alpha value is -4.84. The number of hydrogen-bond donors (Lipinski definition) is 3. The molecule has 0 saturated carbocycles. The van der Waals surface area contributed by atoms with Crippen molar-refractivity contribution >= 4 is 35.2 Å². The normalized spacial score (nSPS) is 19.2. The van der Waals surface area contributed by atoms with Crippen molar-refractivity contribution in [2.75, 3.05) is 20.3 Å². The predicted octanol–water partition coefficient (Wildman–Crippen LogP) is 6.14. The van der Waals surface area contributed by atoms with Crippen LogP contribution >= 0.6 is 11.6 Å². The molecule has 3 N–H and O–H groups in total. The second-order valence-electron chi connectivity index (χ2n) is 13.9. The molecule has 52 heavy (non-hydrogen) atoms. The zero-order chi connectivity index (χ0) is 37.9. The van der Waals surface area contributed by atoms with Crippen molar-refractivity contribution in [3.8, 4) is 23.0 Å². The van der Waals surface area contributed by atoms with E-state index in [1.165, 1.54) is 18.2 Å². The number of nitrogens with one attached hydrogen (secondary N) is 3. The van der Waals surface area contributed by atoms with Crippen LogP contribution in [0.25, 0.3) is 0 Å². The second-order valence-corrected chi connectivity index (χ2v) is 14.3. The van der Waals surface area contributed by atoms with E-state index in [2.05, 4.69) is 16.0 Å². The summed E-state index contributed by atoms with van der Waals surface area (Å²) >= 11 is 6.07. The summed E-state index contributed by atoms with van der Waals surface area (Å²) in [7, 11) is 1.70. The fraction of sp³-hybridized carbons (Fsp3) is 0.436. The molecule has 0 radical (unpaired) electrons. The zero-order valence-electron chi connectivity index (χ0n) is 30.4. The molecule has 0 saturated heterocycles. The first-order valence-electron chi connectivity index (χ1n) is 17.4. The van der Waals surface area contributed by atoms with E-state index in [-0.39, 0.29) is 59.8 Å². The lowest BCUT2D eigenvalue weighted by Crippen LogP contribution is -2.55. The van der Waals surface area contributed by atoms with Crippen LogP contribution in [0.4, 0.5) is 4.39 Å². The minimum absolute atomic E-state index is 0.0678. The van der Waals surface area contributed by atoms with E-state index in [0.717, 1.165) is 0 Å². The van der Waals surface area contributed by atoms with E-state index < -0.39 is 48.1 Å². The smallest absolute Gasteiger partial charge is 0.255 e. The van der Waals surface area contributed by atoms with E-state index >= 15 is 0 Å². The lowest BCUT2D eigenvalue weighted by Gasteiger charge is -2.33. The predicted molar refractivity (Wildman–Crippen MR) is 196 cm³/mol. The van der Waals surface area contributed by atoms with E-state index in [1.54, 1.807) is 67.4 Å². The highest BCUT2D eigenvalue weighted by atomic mass is 35.5. The Morgan fingerprint density at radius 1 is 0.962 bits per heavy atom. The number of ether oxygens (including phenoxy) is 3. The molecular weight excluding hydrogens is 691 g/mol. The second kappa shape index (κ2) is 18.6. The van der Waals surface area contributed by atoms with Crippen molar-refractivity contribution < 1.29 is 37.8 Å². The minimum Gasteiger partial charge on any atom is -0.491 e. The molecule has 0 fully saturated rings. The van der Waals surface area contributed by atoms with Crippen molar-refractivity contribution in [3.05, 3.63) is 83.1 Å². The van der Waals surface area contributed by atoms with Crippen molar-refractivity contribution in [1.82, 2.24) is 20.9 Å². The Balaban J connectivity index is 1.54. The monoisotopic (exact) mass is 738 g/mol. The maximum atomic E-state index is 14.1. The van der Waals surface area contributed by atoms with E-state index in [0.29, 0.717) is 23.6 Å². The van der Waals surface area contributed by atoms with Gasteiger partial charge in [0.2, 0.25) is 17.7 Å². The highest BCUT2D eigenvalue weighted by Gasteiger charge is 2.33. The van der Waals surface area contributed by atoms with Crippen molar-refractivity contribution in [2.24, 2.45) is 11.8 Å². The Morgan fingerprint density at radius 3 is 2.40 bits per heavy atom. The van der Waals surface area contributed by atoms with Crippen LogP contribution in [-0.4, -0.2) is 73.0 Å². The molecule has 4 amide bonds. The van der Waals surface area contributed by atoms with Gasteiger partial charge in [-0.25, -0.2) is 4.39 Å². The fourth-order valence-electron chi connectivity index (χ4n) is 5.79. The Labute approximate surface area is 309 Å². The fourth-order valence-corrected chi connectivity index (χ4v) is 5.97. The number of para-hydroxylation sites is 1. The Morgan fingerprint density at radius 2 is 1.69 bits per heavy atom. The van der Waals surface area contributed by atoms with Gasteiger partial charge in [0.05, 0.1) is 24.1 Å². The highest BCUT2D eigenvalue weighted by molar-refractivity contribution is 6.30. The molecule has 1 heterocycles. The largest absolute Gasteiger partial charge is 0.491 e. The van der Waals surface area contributed by atoms with Crippen LogP contribution in [-0.2, 0) is 14.4 Å². The maximum Gasteiger partial charge on any atom is 0.255 e. The summed E-state index contributed by atoms with van der Waals surface area (Å²) < 4.78 is 32.0. The molecule has 1 aliphatic rings. The van der Waals surface area contributed by atoms with Crippen LogP contribution in [0, 0.1) is 17.7 Å². The molecule has 11 nitrogen and oxygen atoms in total. The maximum absolute atomic E-state index is 14.1. The summed E-state index contributed by atoms with van der Waals surface area (Å²) in [5, 5.41) is 8.76. The molecule has 4 atom stereocenters. The van der Waals surface area contributed by atoms with Gasteiger partial charge in [-0.15, -0.1) is 0 Å². The minimum atomic E-state index is -1.32. The number of benzene rings is 3. The van der Waals surface area contributed by atoms with Gasteiger partial charge in [0.15, 0.2) is 11.5 Å². The third-order valence-corrected chi connectivity index (χ3v) is 8.60. The quantitative estimate of drug-likeness (QED) is 0.215. The first-order valence-corrected chi connectivity index (χ1v) is 17.8. The Bertz CT molecular complexity index is 1720. The van der Waals surface area contributed by atoms with Gasteiger partial charge in [0.25, 0.3) is 5.91 Å². The van der Waals surface area contributed by atoms with Gasteiger partial charge >= 0.3 is 0 Å². The molecule has 3 aromatic carbocycles. The lowest BCUT2D eigenvalue weighted by molar-refractivity contribution is -0.138. The van der Waals surface area contributed by atoms with Gasteiger partial charge in [-0.2, -0.15) is 0 Å². The summed E-state index contributed by atoms with van der Waals surface area (Å²) in [4.78, 5) is 56.4. The van der Waals surface area contributed by atoms with Crippen molar-refractivity contribution in [3.63, 3.8) is 0 Å². The van der Waals surface area contributed by atoms with Crippen LogP contribution in [0.5, 0.6) is 23.0 Å². The van der Waals surface area contributed by atoms with Crippen LogP contribution in [0.1, 0.15) is 64.2 Å². The highest BCUT2D eigenvalue weighted by Crippen LogP contribution is 2.33. The molecule has 0 unspecified atom stereocenters. The van der Waals surface area contributed by atoms with Gasteiger partial charge < -0.3 is 35.1 Å². The SMILES string of the molecule is CC(C)C[C@H]1COc2ccccc2C(=O)N[C@H](C(=O)N[C@H](C)COc2ccc(F)cc2Oc2cccc(Cl)c2)CC(=O)N[C@@H](CC(C)C)C(=O)N1C. The van der Waals surface area contributed by atoms with E-state index in [4.69, 9.17) is 25.8 Å². The number of fused-ring (bicyclic) bond motifs is 1. The lowest BCUT2D eigenvalue weighted by atomic mass is 9.99. The molecule has 280 valence electrons. The van der Waals surface area contributed by atoms with Crippen molar-refractivity contribution in [2.45, 2.75) is 78.0 Å². The van der Waals surface area contributed by atoms with Crippen LogP contribution in [0.3, 0.4) is 0 Å². The molecule has 3 aromatic rings. The summed E-state index contributed by atoms with van der Waals surface area (Å²) in [6, 6.07) is 13.9. The van der Waals surface area contributed by atoms with Gasteiger partial charge in [0.1, 0.15) is 42.6 Å². The van der Waals surface area contributed by atoms with Gasteiger partial charge in [0, 0.05) is 18.1 Å². The van der Waals surface area contributed by atoms with Crippen LogP contribution in [0.2, 0.25) is 5.02 Å². The number of hydrogen-bond acceptors (Lipinski definition) is 7.